The molecule has 10 heteroatoms. The first-order chi connectivity index (χ1) is 20.0. The molecule has 1 aliphatic carbocycles. The van der Waals surface area contributed by atoms with Crippen LogP contribution in [0.15, 0.2) is 71.6 Å². The van der Waals surface area contributed by atoms with Gasteiger partial charge < -0.3 is 10.2 Å². The number of carbonyl (C=O) groups is 2. The van der Waals surface area contributed by atoms with Crippen molar-refractivity contribution in [1.82, 2.24) is 10.2 Å². The molecule has 7 nitrogen and oxygen atoms in total. The van der Waals surface area contributed by atoms with Crippen LogP contribution < -0.4 is 9.62 Å². The van der Waals surface area contributed by atoms with Crippen molar-refractivity contribution in [3.8, 4) is 0 Å². The molecule has 1 aliphatic rings. The van der Waals surface area contributed by atoms with Gasteiger partial charge in [-0.25, -0.2) is 8.42 Å². The molecule has 42 heavy (non-hydrogen) atoms. The Morgan fingerprint density at radius 1 is 0.952 bits per heavy atom. The highest BCUT2D eigenvalue weighted by atomic mass is 35.5. The fourth-order valence-electron chi connectivity index (χ4n) is 5.29. The molecule has 0 saturated heterocycles. The standard InChI is InChI=1S/C32H37Cl2N3O4S/c1-4-29(32(39)35-26-8-5-6-9-26)36(20-24-14-16-25(33)17-15-24)31(38)21-37(30-11-7-10-28(34)23(30)3)42(40,41)27-18-12-22(2)13-19-27/h7,10-19,26,29H,4-6,8-9,20-21H2,1-3H3,(H,35,39). The number of benzene rings is 3. The van der Waals surface area contributed by atoms with E-state index in [0.717, 1.165) is 41.1 Å². The average Bonchev–Trinajstić information content (AvgIpc) is 3.47. The first-order valence-electron chi connectivity index (χ1n) is 14.2. The van der Waals surface area contributed by atoms with Crippen LogP contribution in [-0.4, -0.2) is 43.8 Å². The van der Waals surface area contributed by atoms with Crippen LogP contribution in [0.2, 0.25) is 10.0 Å². The first kappa shape index (κ1) is 31.9. The summed E-state index contributed by atoms with van der Waals surface area (Å²) in [5.74, 6) is -0.743. The molecule has 1 N–H and O–H groups in total. The Bertz CT molecular complexity index is 1510. The third-order valence-electron chi connectivity index (χ3n) is 7.75. The van der Waals surface area contributed by atoms with Gasteiger partial charge in [0.25, 0.3) is 10.0 Å². The highest BCUT2D eigenvalue weighted by Crippen LogP contribution is 2.31. The van der Waals surface area contributed by atoms with Crippen LogP contribution in [0.1, 0.15) is 55.7 Å². The number of aryl methyl sites for hydroxylation is 1. The zero-order valence-electron chi connectivity index (χ0n) is 24.1. The Hall–Kier alpha value is -3.07. The minimum Gasteiger partial charge on any atom is -0.352 e. The number of amides is 2. The molecule has 3 aromatic rings. The molecule has 1 fully saturated rings. The zero-order valence-corrected chi connectivity index (χ0v) is 26.5. The molecule has 224 valence electrons. The molecular formula is C32H37Cl2N3O4S. The maximum Gasteiger partial charge on any atom is 0.264 e. The van der Waals surface area contributed by atoms with Crippen molar-refractivity contribution in [2.75, 3.05) is 10.8 Å². The van der Waals surface area contributed by atoms with E-state index in [1.165, 1.54) is 17.0 Å². The Morgan fingerprint density at radius 2 is 1.60 bits per heavy atom. The van der Waals surface area contributed by atoms with Crippen LogP contribution in [-0.2, 0) is 26.2 Å². The van der Waals surface area contributed by atoms with Gasteiger partial charge >= 0.3 is 0 Å². The highest BCUT2D eigenvalue weighted by molar-refractivity contribution is 7.92. The lowest BCUT2D eigenvalue weighted by Crippen LogP contribution is -2.53. The van der Waals surface area contributed by atoms with E-state index >= 15 is 0 Å². The minimum atomic E-state index is -4.18. The number of halogens is 2. The maximum atomic E-state index is 14.2. The Labute approximate surface area is 258 Å². The number of anilines is 1. The second-order valence-electron chi connectivity index (χ2n) is 10.8. The number of carbonyl (C=O) groups excluding carboxylic acids is 2. The second kappa shape index (κ2) is 13.9. The molecule has 3 aromatic carbocycles. The topological polar surface area (TPSA) is 86.8 Å². The number of sulfonamides is 1. The summed E-state index contributed by atoms with van der Waals surface area (Å²) in [5.41, 5.74) is 2.50. The van der Waals surface area contributed by atoms with E-state index in [-0.39, 0.29) is 23.4 Å². The lowest BCUT2D eigenvalue weighted by atomic mass is 10.1. The smallest absolute Gasteiger partial charge is 0.264 e. The Balaban J connectivity index is 1.74. The van der Waals surface area contributed by atoms with Crippen LogP contribution in [0.3, 0.4) is 0 Å². The lowest BCUT2D eigenvalue weighted by molar-refractivity contribution is -0.140. The predicted octanol–water partition coefficient (Wildman–Crippen LogP) is 6.67. The Kier molecular flexibility index (Phi) is 10.6. The summed E-state index contributed by atoms with van der Waals surface area (Å²) in [6.07, 6.45) is 4.28. The summed E-state index contributed by atoms with van der Waals surface area (Å²) in [6.45, 7) is 5.03. The van der Waals surface area contributed by atoms with E-state index < -0.39 is 28.5 Å². The van der Waals surface area contributed by atoms with Crippen molar-refractivity contribution in [1.29, 1.82) is 0 Å². The molecule has 1 saturated carbocycles. The van der Waals surface area contributed by atoms with Gasteiger partial charge in [-0.2, -0.15) is 0 Å². The van der Waals surface area contributed by atoms with Gasteiger partial charge in [-0.1, -0.05) is 78.9 Å². The first-order valence-corrected chi connectivity index (χ1v) is 16.4. The van der Waals surface area contributed by atoms with Gasteiger partial charge in [0.2, 0.25) is 11.8 Å². The van der Waals surface area contributed by atoms with Crippen molar-refractivity contribution in [3.63, 3.8) is 0 Å². The normalized spacial score (nSPS) is 14.4. The highest BCUT2D eigenvalue weighted by Gasteiger charge is 2.35. The third-order valence-corrected chi connectivity index (χ3v) is 10.2. The largest absolute Gasteiger partial charge is 0.352 e. The van der Waals surface area contributed by atoms with E-state index in [2.05, 4.69) is 5.32 Å². The van der Waals surface area contributed by atoms with Crippen molar-refractivity contribution in [3.05, 3.63) is 93.5 Å². The summed E-state index contributed by atoms with van der Waals surface area (Å²) >= 11 is 12.5. The number of nitrogens with zero attached hydrogens (tertiary/aromatic N) is 2. The quantitative estimate of drug-likeness (QED) is 0.256. The summed E-state index contributed by atoms with van der Waals surface area (Å²) in [5, 5.41) is 4.05. The van der Waals surface area contributed by atoms with Gasteiger partial charge in [-0.3, -0.25) is 13.9 Å². The van der Waals surface area contributed by atoms with E-state index in [0.29, 0.717) is 27.7 Å². The summed E-state index contributed by atoms with van der Waals surface area (Å²) in [4.78, 5) is 29.3. The number of hydrogen-bond donors (Lipinski definition) is 1. The molecule has 0 radical (unpaired) electrons. The van der Waals surface area contributed by atoms with Crippen LogP contribution in [0, 0.1) is 13.8 Å². The molecule has 2 amide bonds. The fraction of sp³-hybridized carbons (Fsp3) is 0.375. The molecule has 1 unspecified atom stereocenters. The van der Waals surface area contributed by atoms with E-state index in [1.54, 1.807) is 61.5 Å². The van der Waals surface area contributed by atoms with Gasteiger partial charge in [-0.15, -0.1) is 0 Å². The SMILES string of the molecule is CCC(C(=O)NC1CCCC1)N(Cc1ccc(Cl)cc1)C(=O)CN(c1cccc(Cl)c1C)S(=O)(=O)c1ccc(C)cc1. The summed E-state index contributed by atoms with van der Waals surface area (Å²) in [7, 11) is -4.18. The number of nitrogens with one attached hydrogen (secondary N) is 1. The fourth-order valence-corrected chi connectivity index (χ4v) is 7.06. The van der Waals surface area contributed by atoms with Gasteiger partial charge in [0.15, 0.2) is 0 Å². The molecule has 0 bridgehead atoms. The summed E-state index contributed by atoms with van der Waals surface area (Å²) in [6, 6.07) is 17.8. The molecular weight excluding hydrogens is 593 g/mol. The number of hydrogen-bond acceptors (Lipinski definition) is 4. The zero-order chi connectivity index (χ0) is 30.4. The minimum absolute atomic E-state index is 0.0514. The van der Waals surface area contributed by atoms with Crippen molar-refractivity contribution < 1.29 is 18.0 Å². The monoisotopic (exact) mass is 629 g/mol. The van der Waals surface area contributed by atoms with E-state index in [9.17, 15) is 18.0 Å². The van der Waals surface area contributed by atoms with Crippen molar-refractivity contribution >= 4 is 50.7 Å². The van der Waals surface area contributed by atoms with Crippen molar-refractivity contribution in [2.45, 2.75) is 76.4 Å². The summed E-state index contributed by atoms with van der Waals surface area (Å²) < 4.78 is 29.3. The number of rotatable bonds is 11. The van der Waals surface area contributed by atoms with Crippen molar-refractivity contribution in [2.24, 2.45) is 0 Å². The van der Waals surface area contributed by atoms with Crippen LogP contribution in [0.5, 0.6) is 0 Å². The van der Waals surface area contributed by atoms with Crippen LogP contribution in [0.25, 0.3) is 0 Å². The van der Waals surface area contributed by atoms with Crippen LogP contribution in [0.4, 0.5) is 5.69 Å². The lowest BCUT2D eigenvalue weighted by Gasteiger charge is -2.34. The van der Waals surface area contributed by atoms with E-state index in [1.807, 2.05) is 13.8 Å². The Morgan fingerprint density at radius 3 is 2.21 bits per heavy atom. The van der Waals surface area contributed by atoms with Crippen LogP contribution >= 0.6 is 23.2 Å². The third kappa shape index (κ3) is 7.46. The molecule has 1 atom stereocenters. The maximum absolute atomic E-state index is 14.2. The molecule has 0 spiro atoms. The van der Waals surface area contributed by atoms with Gasteiger partial charge in [-0.05, 0) is 80.6 Å². The molecule has 0 aliphatic heterocycles. The van der Waals surface area contributed by atoms with Gasteiger partial charge in [0.05, 0.1) is 10.6 Å². The van der Waals surface area contributed by atoms with Gasteiger partial charge in [0, 0.05) is 22.6 Å². The molecule has 0 aromatic heterocycles. The molecule has 0 heterocycles. The second-order valence-corrected chi connectivity index (χ2v) is 13.5. The van der Waals surface area contributed by atoms with E-state index in [4.69, 9.17) is 23.2 Å². The average molecular weight is 631 g/mol. The predicted molar refractivity (Wildman–Crippen MR) is 168 cm³/mol. The molecule has 4 rings (SSSR count). The van der Waals surface area contributed by atoms with Gasteiger partial charge in [0.1, 0.15) is 12.6 Å².